The van der Waals surface area contributed by atoms with Gasteiger partial charge in [0, 0.05) is 15.5 Å². The maximum absolute atomic E-state index is 12.7. The van der Waals surface area contributed by atoms with Crippen LogP contribution in [0.5, 0.6) is 5.75 Å². The van der Waals surface area contributed by atoms with E-state index in [1.54, 1.807) is 25.3 Å². The van der Waals surface area contributed by atoms with Gasteiger partial charge in [0.2, 0.25) is 0 Å². The van der Waals surface area contributed by atoms with Crippen LogP contribution >= 0.6 is 15.9 Å². The molecule has 0 heterocycles. The van der Waals surface area contributed by atoms with Gasteiger partial charge in [-0.2, -0.15) is 0 Å². The van der Waals surface area contributed by atoms with Crippen molar-refractivity contribution in [2.24, 2.45) is 17.3 Å². The Balaban J connectivity index is 1.42. The highest BCUT2D eigenvalue weighted by atomic mass is 79.9. The standard InChI is InChI=1S/C22H27BrO4/c1-14(24)17-3-4-19(26-2)18(6-17)12-27-20(25)11-21-7-15-5-16(8-21)10-22(23,9-15)13-21/h3-4,6,15-16H,5,7-13H2,1-2H3/t15-,16-,21?,22?/m1/s1. The average Bonchev–Trinajstić information content (AvgIpc) is 2.57. The van der Waals surface area contributed by atoms with Gasteiger partial charge in [0.15, 0.2) is 5.78 Å². The molecule has 0 N–H and O–H groups in total. The fraction of sp³-hybridized carbons (Fsp3) is 0.636. The molecule has 1 aromatic rings. The van der Waals surface area contributed by atoms with Crippen molar-refractivity contribution in [3.8, 4) is 5.75 Å². The Labute approximate surface area is 169 Å². The molecule has 0 saturated heterocycles. The first-order valence-corrected chi connectivity index (χ1v) is 10.6. The predicted octanol–water partition coefficient (Wildman–Crippen LogP) is 5.07. The van der Waals surface area contributed by atoms with Gasteiger partial charge in [-0.25, -0.2) is 0 Å². The number of rotatable bonds is 6. The number of Topliss-reactive ketones (excluding diaryl/α,β-unsaturated/α-hetero) is 1. The van der Waals surface area contributed by atoms with Crippen LogP contribution < -0.4 is 4.74 Å². The van der Waals surface area contributed by atoms with Gasteiger partial charge in [-0.3, -0.25) is 9.59 Å². The fourth-order valence-corrected chi connectivity index (χ4v) is 7.68. The topological polar surface area (TPSA) is 52.6 Å². The molecule has 4 nitrogen and oxygen atoms in total. The number of ketones is 1. The van der Waals surface area contributed by atoms with E-state index in [0.717, 1.165) is 36.7 Å². The molecule has 0 unspecified atom stereocenters. The Morgan fingerprint density at radius 3 is 2.48 bits per heavy atom. The third-order valence-electron chi connectivity index (χ3n) is 6.71. The molecule has 4 saturated carbocycles. The summed E-state index contributed by atoms with van der Waals surface area (Å²) in [5.41, 5.74) is 1.45. The summed E-state index contributed by atoms with van der Waals surface area (Å²) in [4.78, 5) is 24.3. The molecular formula is C22H27BrO4. The number of ether oxygens (including phenoxy) is 2. The summed E-state index contributed by atoms with van der Waals surface area (Å²) in [6.07, 6.45) is 7.77. The molecule has 1 aromatic carbocycles. The summed E-state index contributed by atoms with van der Waals surface area (Å²) in [6, 6.07) is 5.25. The van der Waals surface area contributed by atoms with E-state index in [-0.39, 0.29) is 28.1 Å². The van der Waals surface area contributed by atoms with Crippen LogP contribution in [-0.2, 0) is 16.1 Å². The number of hydrogen-bond donors (Lipinski definition) is 0. The van der Waals surface area contributed by atoms with Crippen LogP contribution in [0.2, 0.25) is 0 Å². The van der Waals surface area contributed by atoms with Crippen molar-refractivity contribution in [3.63, 3.8) is 0 Å². The molecule has 5 rings (SSSR count). The number of hydrogen-bond acceptors (Lipinski definition) is 4. The van der Waals surface area contributed by atoms with Gasteiger partial charge in [0.25, 0.3) is 0 Å². The Kier molecular flexibility index (Phi) is 4.86. The minimum Gasteiger partial charge on any atom is -0.496 e. The Bertz CT molecular complexity index is 758. The van der Waals surface area contributed by atoms with Crippen LogP contribution in [0.1, 0.15) is 67.8 Å². The molecule has 5 heteroatoms. The molecule has 4 bridgehead atoms. The predicted molar refractivity (Wildman–Crippen MR) is 106 cm³/mol. The van der Waals surface area contributed by atoms with Gasteiger partial charge in [-0.15, -0.1) is 0 Å². The number of halogens is 1. The number of carbonyl (C=O) groups is 2. The van der Waals surface area contributed by atoms with E-state index < -0.39 is 0 Å². The third kappa shape index (κ3) is 3.80. The van der Waals surface area contributed by atoms with Crippen molar-refractivity contribution in [3.05, 3.63) is 29.3 Å². The van der Waals surface area contributed by atoms with Crippen LogP contribution in [-0.4, -0.2) is 23.2 Å². The molecule has 0 amide bonds. The molecule has 2 atom stereocenters. The minimum atomic E-state index is -0.136. The molecule has 27 heavy (non-hydrogen) atoms. The average molecular weight is 435 g/mol. The third-order valence-corrected chi connectivity index (χ3v) is 7.63. The van der Waals surface area contributed by atoms with Gasteiger partial charge < -0.3 is 9.47 Å². The second-order valence-electron chi connectivity index (χ2n) is 9.03. The van der Waals surface area contributed by atoms with Crippen molar-refractivity contribution in [1.82, 2.24) is 0 Å². The van der Waals surface area contributed by atoms with Gasteiger partial charge >= 0.3 is 5.97 Å². The highest BCUT2D eigenvalue weighted by Crippen LogP contribution is 2.65. The van der Waals surface area contributed by atoms with Crippen molar-refractivity contribution in [2.45, 2.75) is 62.8 Å². The lowest BCUT2D eigenvalue weighted by Crippen LogP contribution is -2.53. The molecule has 146 valence electrons. The van der Waals surface area contributed by atoms with E-state index in [0.29, 0.717) is 17.7 Å². The highest BCUT2D eigenvalue weighted by molar-refractivity contribution is 9.10. The molecular weight excluding hydrogens is 408 g/mol. The van der Waals surface area contributed by atoms with Crippen LogP contribution in [0.15, 0.2) is 18.2 Å². The second kappa shape index (κ2) is 6.91. The number of esters is 1. The van der Waals surface area contributed by atoms with Crippen LogP contribution in [0, 0.1) is 17.3 Å². The van der Waals surface area contributed by atoms with E-state index in [9.17, 15) is 9.59 Å². The zero-order valence-corrected chi connectivity index (χ0v) is 17.6. The van der Waals surface area contributed by atoms with Crippen LogP contribution in [0.3, 0.4) is 0 Å². The fourth-order valence-electron chi connectivity index (χ4n) is 6.17. The summed E-state index contributed by atoms with van der Waals surface area (Å²) in [7, 11) is 1.58. The van der Waals surface area contributed by atoms with E-state index >= 15 is 0 Å². The smallest absolute Gasteiger partial charge is 0.306 e. The van der Waals surface area contributed by atoms with Gasteiger partial charge in [-0.1, -0.05) is 15.9 Å². The van der Waals surface area contributed by atoms with E-state index in [2.05, 4.69) is 15.9 Å². The first-order valence-electron chi connectivity index (χ1n) is 9.82. The lowest BCUT2D eigenvalue weighted by Gasteiger charge is -2.60. The number of carbonyl (C=O) groups excluding carboxylic acids is 2. The van der Waals surface area contributed by atoms with Crippen LogP contribution in [0.4, 0.5) is 0 Å². The molecule has 0 spiro atoms. The summed E-state index contributed by atoms with van der Waals surface area (Å²) >= 11 is 4.00. The SMILES string of the molecule is COc1ccc(C(C)=O)cc1COC(=O)CC12C[C@H]3C[C@@H](CC(Br)(C3)C1)C2. The zero-order chi connectivity index (χ0) is 19.2. The molecule has 4 aliphatic rings. The summed E-state index contributed by atoms with van der Waals surface area (Å²) in [5, 5.41) is 0. The normalized spacial score (nSPS) is 33.7. The number of benzene rings is 1. The maximum atomic E-state index is 12.7. The molecule has 0 aliphatic heterocycles. The summed E-state index contributed by atoms with van der Waals surface area (Å²) < 4.78 is 11.2. The zero-order valence-electron chi connectivity index (χ0n) is 16.1. The first-order chi connectivity index (χ1) is 12.8. The quantitative estimate of drug-likeness (QED) is 0.356. The van der Waals surface area contributed by atoms with Gasteiger partial charge in [0.1, 0.15) is 12.4 Å². The van der Waals surface area contributed by atoms with Crippen molar-refractivity contribution < 1.29 is 19.1 Å². The van der Waals surface area contributed by atoms with Crippen molar-refractivity contribution in [1.29, 1.82) is 0 Å². The molecule has 0 aromatic heterocycles. The Hall–Kier alpha value is -1.36. The summed E-state index contributed by atoms with van der Waals surface area (Å²) in [5.74, 6) is 2.00. The number of methoxy groups -OCH3 is 1. The first kappa shape index (κ1) is 19.0. The Morgan fingerprint density at radius 1 is 1.19 bits per heavy atom. The van der Waals surface area contributed by atoms with Gasteiger partial charge in [0.05, 0.1) is 13.5 Å². The van der Waals surface area contributed by atoms with Gasteiger partial charge in [-0.05, 0) is 80.9 Å². The van der Waals surface area contributed by atoms with E-state index in [1.165, 1.54) is 26.2 Å². The lowest BCUT2D eigenvalue weighted by molar-refractivity contribution is -0.152. The van der Waals surface area contributed by atoms with E-state index in [1.807, 2.05) is 0 Å². The lowest BCUT2D eigenvalue weighted by atomic mass is 9.49. The molecule has 4 aliphatic carbocycles. The van der Waals surface area contributed by atoms with E-state index in [4.69, 9.17) is 9.47 Å². The Morgan fingerprint density at radius 2 is 1.89 bits per heavy atom. The largest absolute Gasteiger partial charge is 0.496 e. The highest BCUT2D eigenvalue weighted by Gasteiger charge is 2.57. The monoisotopic (exact) mass is 434 g/mol. The maximum Gasteiger partial charge on any atom is 0.306 e. The van der Waals surface area contributed by atoms with Crippen molar-refractivity contribution >= 4 is 27.7 Å². The summed E-state index contributed by atoms with van der Waals surface area (Å²) in [6.45, 7) is 1.67. The molecule has 4 fully saturated rings. The second-order valence-corrected chi connectivity index (χ2v) is 10.7. The van der Waals surface area contributed by atoms with Crippen molar-refractivity contribution in [2.75, 3.05) is 7.11 Å². The number of alkyl halides is 1. The van der Waals surface area contributed by atoms with Crippen LogP contribution in [0.25, 0.3) is 0 Å². The molecule has 0 radical (unpaired) electrons. The minimum absolute atomic E-state index is 0.0126.